The highest BCUT2D eigenvalue weighted by Gasteiger charge is 2.08. The first kappa shape index (κ1) is 13.9. The van der Waals surface area contributed by atoms with E-state index in [2.05, 4.69) is 24.4 Å². The fraction of sp³-hybridized carbons (Fsp3) is 0.188. The van der Waals surface area contributed by atoms with Gasteiger partial charge >= 0.3 is 5.97 Å². The molecule has 4 heteroatoms. The van der Waals surface area contributed by atoms with E-state index in [4.69, 9.17) is 10.8 Å². The average Bonchev–Trinajstić information content (AvgIpc) is 2.46. The van der Waals surface area contributed by atoms with E-state index in [-0.39, 0.29) is 11.3 Å². The summed E-state index contributed by atoms with van der Waals surface area (Å²) >= 11 is 0. The molecule has 0 saturated carbocycles. The van der Waals surface area contributed by atoms with Crippen molar-refractivity contribution in [3.63, 3.8) is 0 Å². The summed E-state index contributed by atoms with van der Waals surface area (Å²) in [7, 11) is 0. The van der Waals surface area contributed by atoms with Crippen molar-refractivity contribution in [1.29, 1.82) is 0 Å². The molecule has 0 aliphatic carbocycles. The maximum atomic E-state index is 11.0. The summed E-state index contributed by atoms with van der Waals surface area (Å²) in [4.78, 5) is 11.0. The molecule has 0 saturated heterocycles. The molecule has 0 bridgehead atoms. The number of nitrogens with two attached hydrogens (primary N) is 1. The predicted molar refractivity (Wildman–Crippen MR) is 81.0 cm³/mol. The Bertz CT molecular complexity index is 624. The van der Waals surface area contributed by atoms with Crippen LogP contribution in [0.1, 0.15) is 28.4 Å². The maximum absolute atomic E-state index is 11.0. The van der Waals surface area contributed by atoms with Crippen LogP contribution in [0, 0.1) is 0 Å². The summed E-state index contributed by atoms with van der Waals surface area (Å²) in [5.41, 5.74) is 9.28. The van der Waals surface area contributed by atoms with Gasteiger partial charge in [-0.05, 0) is 35.7 Å². The highest BCUT2D eigenvalue weighted by molar-refractivity contribution is 5.94. The first-order chi connectivity index (χ1) is 9.61. The molecule has 0 unspecified atom stereocenters. The van der Waals surface area contributed by atoms with E-state index in [1.54, 1.807) is 18.2 Å². The van der Waals surface area contributed by atoms with Crippen LogP contribution >= 0.6 is 0 Å². The average molecular weight is 270 g/mol. The van der Waals surface area contributed by atoms with Gasteiger partial charge in [0.1, 0.15) is 0 Å². The van der Waals surface area contributed by atoms with Crippen LogP contribution in [0.5, 0.6) is 0 Å². The molecular weight excluding hydrogens is 252 g/mol. The molecule has 0 aromatic heterocycles. The van der Waals surface area contributed by atoms with Gasteiger partial charge in [0.15, 0.2) is 0 Å². The Morgan fingerprint density at radius 3 is 2.55 bits per heavy atom. The topological polar surface area (TPSA) is 75.3 Å². The standard InChI is InChI=1S/C16H18N2O2/c1-2-11-5-3-4-6-12(11)10-18-13-7-8-15(17)14(9-13)16(19)20/h3-9,18H,2,10,17H2,1H3,(H,19,20). The smallest absolute Gasteiger partial charge is 0.337 e. The molecule has 0 fully saturated rings. The van der Waals surface area contributed by atoms with Crippen molar-refractivity contribution in [3.8, 4) is 0 Å². The number of rotatable bonds is 5. The molecule has 0 atom stereocenters. The molecule has 2 rings (SSSR count). The molecule has 0 radical (unpaired) electrons. The van der Waals surface area contributed by atoms with E-state index >= 15 is 0 Å². The molecule has 2 aromatic rings. The van der Waals surface area contributed by atoms with Gasteiger partial charge in [-0.25, -0.2) is 4.79 Å². The normalized spacial score (nSPS) is 10.2. The highest BCUT2D eigenvalue weighted by Crippen LogP contribution is 2.19. The zero-order valence-electron chi connectivity index (χ0n) is 11.4. The minimum absolute atomic E-state index is 0.124. The van der Waals surface area contributed by atoms with E-state index in [1.165, 1.54) is 11.1 Å². The van der Waals surface area contributed by atoms with Gasteiger partial charge in [0.05, 0.1) is 5.56 Å². The molecule has 0 spiro atoms. The van der Waals surface area contributed by atoms with Gasteiger partial charge in [-0.2, -0.15) is 0 Å². The van der Waals surface area contributed by atoms with Crippen LogP contribution in [0.15, 0.2) is 42.5 Å². The van der Waals surface area contributed by atoms with Gasteiger partial charge < -0.3 is 16.2 Å². The van der Waals surface area contributed by atoms with Crippen LogP contribution in [-0.4, -0.2) is 11.1 Å². The van der Waals surface area contributed by atoms with Gasteiger partial charge in [-0.15, -0.1) is 0 Å². The van der Waals surface area contributed by atoms with Gasteiger partial charge in [-0.1, -0.05) is 31.2 Å². The number of nitrogen functional groups attached to an aromatic ring is 1. The number of carbonyl (C=O) groups is 1. The zero-order chi connectivity index (χ0) is 14.5. The fourth-order valence-electron chi connectivity index (χ4n) is 2.12. The van der Waals surface area contributed by atoms with Gasteiger partial charge in [0, 0.05) is 17.9 Å². The van der Waals surface area contributed by atoms with E-state index < -0.39 is 5.97 Å². The Morgan fingerprint density at radius 2 is 1.90 bits per heavy atom. The highest BCUT2D eigenvalue weighted by atomic mass is 16.4. The van der Waals surface area contributed by atoms with Crippen molar-refractivity contribution >= 4 is 17.3 Å². The number of aryl methyl sites for hydroxylation is 1. The first-order valence-corrected chi connectivity index (χ1v) is 6.55. The van der Waals surface area contributed by atoms with Crippen molar-refractivity contribution in [2.24, 2.45) is 0 Å². The van der Waals surface area contributed by atoms with Gasteiger partial charge in [0.25, 0.3) is 0 Å². The third kappa shape index (κ3) is 3.09. The molecule has 0 amide bonds. The lowest BCUT2D eigenvalue weighted by molar-refractivity contribution is 0.0698. The van der Waals surface area contributed by atoms with Crippen LogP contribution in [0.2, 0.25) is 0 Å². The minimum Gasteiger partial charge on any atom is -0.478 e. The third-order valence-corrected chi connectivity index (χ3v) is 3.27. The van der Waals surface area contributed by atoms with E-state index in [9.17, 15) is 4.79 Å². The SMILES string of the molecule is CCc1ccccc1CNc1ccc(N)c(C(=O)O)c1. The predicted octanol–water partition coefficient (Wildman–Crippen LogP) is 3.14. The largest absolute Gasteiger partial charge is 0.478 e. The van der Waals surface area contributed by atoms with Gasteiger partial charge in [-0.3, -0.25) is 0 Å². The molecule has 0 aliphatic rings. The van der Waals surface area contributed by atoms with Crippen LogP contribution < -0.4 is 11.1 Å². The number of carboxylic acid groups (broad SMARTS) is 1. The molecular formula is C16H18N2O2. The second-order valence-corrected chi connectivity index (χ2v) is 4.58. The summed E-state index contributed by atoms with van der Waals surface area (Å²) in [6.07, 6.45) is 0.972. The Morgan fingerprint density at radius 1 is 1.20 bits per heavy atom. The zero-order valence-corrected chi connectivity index (χ0v) is 11.4. The summed E-state index contributed by atoms with van der Waals surface area (Å²) in [6.45, 7) is 2.78. The van der Waals surface area contributed by atoms with Crippen molar-refractivity contribution in [2.75, 3.05) is 11.1 Å². The second kappa shape index (κ2) is 6.10. The Balaban J connectivity index is 2.15. The number of nitrogens with one attached hydrogen (secondary N) is 1. The maximum Gasteiger partial charge on any atom is 0.337 e. The lowest BCUT2D eigenvalue weighted by Crippen LogP contribution is -2.06. The Kier molecular flexibility index (Phi) is 4.25. The Labute approximate surface area is 118 Å². The molecule has 0 aliphatic heterocycles. The third-order valence-electron chi connectivity index (χ3n) is 3.27. The van der Waals surface area contributed by atoms with Gasteiger partial charge in [0.2, 0.25) is 0 Å². The van der Waals surface area contributed by atoms with Crippen molar-refractivity contribution < 1.29 is 9.90 Å². The molecule has 104 valence electrons. The summed E-state index contributed by atoms with van der Waals surface area (Å²) < 4.78 is 0. The molecule has 0 heterocycles. The number of anilines is 2. The number of hydrogen-bond donors (Lipinski definition) is 3. The monoisotopic (exact) mass is 270 g/mol. The van der Waals surface area contributed by atoms with Crippen LogP contribution in [-0.2, 0) is 13.0 Å². The summed E-state index contributed by atoms with van der Waals surface area (Å²) in [5.74, 6) is -1.01. The second-order valence-electron chi connectivity index (χ2n) is 4.58. The number of carboxylic acids is 1. The van der Waals surface area contributed by atoms with Crippen LogP contribution in [0.25, 0.3) is 0 Å². The summed E-state index contributed by atoms with van der Waals surface area (Å²) in [6, 6.07) is 13.2. The van der Waals surface area contributed by atoms with Crippen LogP contribution in [0.3, 0.4) is 0 Å². The summed E-state index contributed by atoms with van der Waals surface area (Å²) in [5, 5.41) is 12.3. The lowest BCUT2D eigenvalue weighted by Gasteiger charge is -2.11. The number of benzene rings is 2. The van der Waals surface area contributed by atoms with E-state index in [0.29, 0.717) is 6.54 Å². The number of hydrogen-bond acceptors (Lipinski definition) is 3. The molecule has 2 aromatic carbocycles. The first-order valence-electron chi connectivity index (χ1n) is 6.55. The van der Waals surface area contributed by atoms with E-state index in [0.717, 1.165) is 12.1 Å². The molecule has 4 N–H and O–H groups in total. The number of aromatic carboxylic acids is 1. The Hall–Kier alpha value is -2.49. The van der Waals surface area contributed by atoms with E-state index in [1.807, 2.05) is 12.1 Å². The van der Waals surface area contributed by atoms with Crippen LogP contribution in [0.4, 0.5) is 11.4 Å². The lowest BCUT2D eigenvalue weighted by atomic mass is 10.1. The van der Waals surface area contributed by atoms with Crippen molar-refractivity contribution in [3.05, 3.63) is 59.2 Å². The fourth-order valence-corrected chi connectivity index (χ4v) is 2.12. The van der Waals surface area contributed by atoms with Crippen molar-refractivity contribution in [1.82, 2.24) is 0 Å². The quantitative estimate of drug-likeness (QED) is 0.730. The van der Waals surface area contributed by atoms with Crippen molar-refractivity contribution in [2.45, 2.75) is 19.9 Å². The molecule has 4 nitrogen and oxygen atoms in total. The minimum atomic E-state index is -1.01. The molecule has 20 heavy (non-hydrogen) atoms.